The minimum absolute atomic E-state index is 0.176. The number of ether oxygens (including phenoxy) is 2. The van der Waals surface area contributed by atoms with Gasteiger partial charge in [0.2, 0.25) is 0 Å². The molecule has 4 nitrogen and oxygen atoms in total. The first-order valence-corrected chi connectivity index (χ1v) is 7.16. The van der Waals surface area contributed by atoms with Gasteiger partial charge in [-0.05, 0) is 24.0 Å². The predicted molar refractivity (Wildman–Crippen MR) is 81.7 cm³/mol. The summed E-state index contributed by atoms with van der Waals surface area (Å²) in [5, 5.41) is 13.1. The fraction of sp³-hybridized carbons (Fsp3) is 0.600. The quantitative estimate of drug-likeness (QED) is 0.775. The molecule has 20 heavy (non-hydrogen) atoms. The second-order valence-electron chi connectivity index (χ2n) is 5.02. The van der Waals surface area contributed by atoms with Crippen molar-refractivity contribution >= 4 is 11.6 Å². The normalized spacial score (nSPS) is 12.6. The lowest BCUT2D eigenvalue weighted by Crippen LogP contribution is -2.34. The number of nitrogens with one attached hydrogen (secondary N) is 1. The molecule has 0 heterocycles. The van der Waals surface area contributed by atoms with Gasteiger partial charge in [-0.3, -0.25) is 0 Å². The van der Waals surface area contributed by atoms with Gasteiger partial charge in [0.15, 0.2) is 11.5 Å². The topological polar surface area (TPSA) is 50.7 Å². The molecule has 0 radical (unpaired) electrons. The van der Waals surface area contributed by atoms with Crippen LogP contribution >= 0.6 is 11.6 Å². The fourth-order valence-electron chi connectivity index (χ4n) is 2.12. The summed E-state index contributed by atoms with van der Waals surface area (Å²) < 4.78 is 10.5. The Morgan fingerprint density at radius 1 is 1.25 bits per heavy atom. The molecule has 0 aliphatic heterocycles. The Morgan fingerprint density at radius 2 is 1.95 bits per heavy atom. The van der Waals surface area contributed by atoms with Gasteiger partial charge in [-0.25, -0.2) is 0 Å². The van der Waals surface area contributed by atoms with Crippen molar-refractivity contribution < 1.29 is 14.6 Å². The van der Waals surface area contributed by atoms with Crippen molar-refractivity contribution in [2.45, 2.75) is 32.9 Å². The summed E-state index contributed by atoms with van der Waals surface area (Å²) in [5.74, 6) is 1.62. The molecule has 0 aliphatic carbocycles. The van der Waals surface area contributed by atoms with E-state index < -0.39 is 0 Å². The summed E-state index contributed by atoms with van der Waals surface area (Å²) in [5.41, 5.74) is 0.952. The molecular formula is C15H24ClNO3. The van der Waals surface area contributed by atoms with Gasteiger partial charge in [-0.1, -0.05) is 31.5 Å². The van der Waals surface area contributed by atoms with Crippen LogP contribution in [0.25, 0.3) is 0 Å². The van der Waals surface area contributed by atoms with Crippen LogP contribution in [0.15, 0.2) is 12.1 Å². The monoisotopic (exact) mass is 301 g/mol. The molecular weight excluding hydrogens is 278 g/mol. The molecule has 1 aromatic rings. The minimum Gasteiger partial charge on any atom is -0.493 e. The smallest absolute Gasteiger partial charge is 0.179 e. The lowest BCUT2D eigenvalue weighted by Gasteiger charge is -2.22. The maximum atomic E-state index is 9.09. The van der Waals surface area contributed by atoms with E-state index in [1.165, 1.54) is 0 Å². The molecule has 0 aliphatic rings. The number of benzene rings is 1. The first kappa shape index (κ1) is 17.1. The number of halogens is 1. The Kier molecular flexibility index (Phi) is 7.13. The minimum atomic E-state index is 0.176. The van der Waals surface area contributed by atoms with Crippen molar-refractivity contribution in [1.82, 2.24) is 5.32 Å². The van der Waals surface area contributed by atoms with Crippen LogP contribution in [-0.2, 0) is 6.54 Å². The molecule has 1 rings (SSSR count). The Labute approximate surface area is 126 Å². The van der Waals surface area contributed by atoms with E-state index in [1.807, 2.05) is 12.1 Å². The molecule has 0 bridgehead atoms. The third-order valence-electron chi connectivity index (χ3n) is 3.36. The van der Waals surface area contributed by atoms with Crippen LogP contribution in [0.4, 0.5) is 0 Å². The van der Waals surface area contributed by atoms with Crippen molar-refractivity contribution in [2.24, 2.45) is 5.92 Å². The largest absolute Gasteiger partial charge is 0.493 e. The maximum Gasteiger partial charge on any atom is 0.179 e. The summed E-state index contributed by atoms with van der Waals surface area (Å²) >= 11 is 6.34. The average Bonchev–Trinajstić information content (AvgIpc) is 2.43. The zero-order valence-corrected chi connectivity index (χ0v) is 13.3. The van der Waals surface area contributed by atoms with E-state index in [9.17, 15) is 0 Å². The third-order valence-corrected chi connectivity index (χ3v) is 3.78. The van der Waals surface area contributed by atoms with Crippen LogP contribution in [-0.4, -0.2) is 32.0 Å². The summed E-state index contributed by atoms with van der Waals surface area (Å²) in [4.78, 5) is 0. The van der Waals surface area contributed by atoms with Gasteiger partial charge < -0.3 is 19.9 Å². The first-order valence-electron chi connectivity index (χ1n) is 6.78. The van der Waals surface area contributed by atoms with Gasteiger partial charge >= 0.3 is 0 Å². The third kappa shape index (κ3) is 4.27. The van der Waals surface area contributed by atoms with Gasteiger partial charge in [-0.15, -0.1) is 0 Å². The highest BCUT2D eigenvalue weighted by Crippen LogP contribution is 2.37. The molecule has 0 saturated heterocycles. The Balaban J connectivity index is 2.82. The highest BCUT2D eigenvalue weighted by Gasteiger charge is 2.16. The lowest BCUT2D eigenvalue weighted by molar-refractivity contribution is 0.244. The predicted octanol–water partition coefficient (Wildman–Crippen LogP) is 2.85. The van der Waals surface area contributed by atoms with Crippen LogP contribution in [0, 0.1) is 5.92 Å². The van der Waals surface area contributed by atoms with E-state index in [0.29, 0.717) is 29.0 Å². The van der Waals surface area contributed by atoms with E-state index in [2.05, 4.69) is 19.2 Å². The number of methoxy groups -OCH3 is 2. The van der Waals surface area contributed by atoms with Crippen molar-refractivity contribution in [3.05, 3.63) is 22.7 Å². The molecule has 5 heteroatoms. The van der Waals surface area contributed by atoms with E-state index in [0.717, 1.165) is 12.0 Å². The van der Waals surface area contributed by atoms with Crippen molar-refractivity contribution in [3.8, 4) is 11.5 Å². The molecule has 114 valence electrons. The van der Waals surface area contributed by atoms with E-state index >= 15 is 0 Å². The zero-order valence-electron chi connectivity index (χ0n) is 12.6. The van der Waals surface area contributed by atoms with Crippen LogP contribution in [0.5, 0.6) is 11.5 Å². The Hall–Kier alpha value is -0.970. The highest BCUT2D eigenvalue weighted by molar-refractivity contribution is 6.33. The SMILES string of the molecule is COc1ccc(CNC(CCO)C(C)C)c(Cl)c1OC. The number of rotatable bonds is 8. The van der Waals surface area contributed by atoms with Gasteiger partial charge in [0.25, 0.3) is 0 Å². The van der Waals surface area contributed by atoms with E-state index in [4.69, 9.17) is 26.2 Å². The first-order chi connectivity index (χ1) is 9.54. The van der Waals surface area contributed by atoms with Crippen LogP contribution in [0.1, 0.15) is 25.8 Å². The number of hydrogen-bond donors (Lipinski definition) is 2. The Morgan fingerprint density at radius 3 is 2.45 bits per heavy atom. The highest BCUT2D eigenvalue weighted by atomic mass is 35.5. The lowest BCUT2D eigenvalue weighted by atomic mass is 10.0. The summed E-state index contributed by atoms with van der Waals surface area (Å²) in [7, 11) is 3.16. The van der Waals surface area contributed by atoms with Gasteiger partial charge in [0.1, 0.15) is 0 Å². The summed E-state index contributed by atoms with van der Waals surface area (Å²) in [6, 6.07) is 4.02. The molecule has 0 fully saturated rings. The van der Waals surface area contributed by atoms with Crippen LogP contribution < -0.4 is 14.8 Å². The fourth-order valence-corrected chi connectivity index (χ4v) is 2.42. The van der Waals surface area contributed by atoms with Crippen LogP contribution in [0.2, 0.25) is 5.02 Å². The van der Waals surface area contributed by atoms with Crippen LogP contribution in [0.3, 0.4) is 0 Å². The maximum absolute atomic E-state index is 9.09. The molecule has 1 aromatic carbocycles. The number of aliphatic hydroxyl groups excluding tert-OH is 1. The molecule has 1 unspecified atom stereocenters. The molecule has 0 amide bonds. The number of aliphatic hydroxyl groups is 1. The van der Waals surface area contributed by atoms with Gasteiger partial charge in [-0.2, -0.15) is 0 Å². The molecule has 0 aromatic heterocycles. The van der Waals surface area contributed by atoms with Crippen molar-refractivity contribution in [3.63, 3.8) is 0 Å². The zero-order chi connectivity index (χ0) is 15.1. The van der Waals surface area contributed by atoms with E-state index in [-0.39, 0.29) is 12.6 Å². The van der Waals surface area contributed by atoms with Crippen molar-refractivity contribution in [2.75, 3.05) is 20.8 Å². The summed E-state index contributed by atoms with van der Waals surface area (Å²) in [6.07, 6.45) is 0.725. The average molecular weight is 302 g/mol. The van der Waals surface area contributed by atoms with Gasteiger partial charge in [0.05, 0.1) is 19.2 Å². The molecule has 0 spiro atoms. The van der Waals surface area contributed by atoms with E-state index in [1.54, 1.807) is 14.2 Å². The number of hydrogen-bond acceptors (Lipinski definition) is 4. The molecule has 2 N–H and O–H groups in total. The van der Waals surface area contributed by atoms with Gasteiger partial charge in [0, 0.05) is 19.2 Å². The second kappa shape index (κ2) is 8.35. The Bertz CT molecular complexity index is 424. The van der Waals surface area contributed by atoms with Crippen molar-refractivity contribution in [1.29, 1.82) is 0 Å². The summed E-state index contributed by atoms with van der Waals surface area (Å²) in [6.45, 7) is 5.06. The second-order valence-corrected chi connectivity index (χ2v) is 5.40. The standard InChI is InChI=1S/C15H24ClNO3/c1-10(2)12(7-8-18)17-9-11-5-6-13(19-3)15(20-4)14(11)16/h5-6,10,12,17-18H,7-9H2,1-4H3. The molecule has 0 saturated carbocycles. The molecule has 1 atom stereocenters.